The zero-order valence-electron chi connectivity index (χ0n) is 9.75. The average molecular weight is 194 g/mol. The molecule has 2 nitrogen and oxygen atoms in total. The monoisotopic (exact) mass is 194 g/mol. The summed E-state index contributed by atoms with van der Waals surface area (Å²) in [7, 11) is 0. The zero-order valence-corrected chi connectivity index (χ0v) is 9.75. The summed E-state index contributed by atoms with van der Waals surface area (Å²) in [4.78, 5) is 4.24. The van der Waals surface area contributed by atoms with Crippen molar-refractivity contribution in [2.75, 3.05) is 6.54 Å². The van der Waals surface area contributed by atoms with Crippen LogP contribution >= 0.6 is 0 Å². The highest BCUT2D eigenvalue weighted by Gasteiger charge is 1.93. The van der Waals surface area contributed by atoms with Gasteiger partial charge in [0.05, 0.1) is 0 Å². The van der Waals surface area contributed by atoms with Crippen molar-refractivity contribution in [2.45, 2.75) is 40.2 Å². The van der Waals surface area contributed by atoms with E-state index in [9.17, 15) is 0 Å². The Morgan fingerprint density at radius 2 is 2.00 bits per heavy atom. The SMILES string of the molecule is CC.CC(C)NCCc1ccccn1. The Labute approximate surface area is 87.8 Å². The lowest BCUT2D eigenvalue weighted by Crippen LogP contribution is -2.25. The Morgan fingerprint density at radius 3 is 2.50 bits per heavy atom. The molecule has 0 atom stereocenters. The first-order valence-corrected chi connectivity index (χ1v) is 5.42. The minimum atomic E-state index is 0.564. The minimum Gasteiger partial charge on any atom is -0.314 e. The topological polar surface area (TPSA) is 24.9 Å². The van der Waals surface area contributed by atoms with Crippen molar-refractivity contribution in [2.24, 2.45) is 0 Å². The molecule has 0 aromatic carbocycles. The van der Waals surface area contributed by atoms with E-state index in [1.165, 1.54) is 0 Å². The minimum absolute atomic E-state index is 0.564. The number of pyridine rings is 1. The third kappa shape index (κ3) is 6.61. The Hall–Kier alpha value is -0.890. The molecule has 1 aromatic rings. The molecule has 0 aliphatic rings. The summed E-state index contributed by atoms with van der Waals surface area (Å²) in [6.07, 6.45) is 2.85. The molecule has 2 heteroatoms. The van der Waals surface area contributed by atoms with Crippen LogP contribution in [0.4, 0.5) is 0 Å². The van der Waals surface area contributed by atoms with E-state index < -0.39 is 0 Å². The van der Waals surface area contributed by atoms with E-state index in [1.54, 1.807) is 0 Å². The predicted octanol–water partition coefficient (Wildman–Crippen LogP) is 2.65. The molecule has 0 saturated carbocycles. The summed E-state index contributed by atoms with van der Waals surface area (Å²) in [5, 5.41) is 3.35. The van der Waals surface area contributed by atoms with Crippen LogP contribution in [0.25, 0.3) is 0 Å². The fraction of sp³-hybridized carbons (Fsp3) is 0.583. The Balaban J connectivity index is 0.000000791. The third-order valence-electron chi connectivity index (χ3n) is 1.66. The standard InChI is InChI=1S/C10H16N2.C2H6/c1-9(2)11-8-6-10-5-3-4-7-12-10;1-2/h3-5,7,9,11H,6,8H2,1-2H3;1-2H3. The van der Waals surface area contributed by atoms with E-state index in [0.717, 1.165) is 18.7 Å². The van der Waals surface area contributed by atoms with Crippen LogP contribution in [-0.2, 0) is 6.42 Å². The van der Waals surface area contributed by atoms with E-state index in [2.05, 4.69) is 30.2 Å². The smallest absolute Gasteiger partial charge is 0.0416 e. The average Bonchev–Trinajstić information content (AvgIpc) is 2.22. The lowest BCUT2D eigenvalue weighted by molar-refractivity contribution is 0.587. The molecule has 0 aliphatic carbocycles. The largest absolute Gasteiger partial charge is 0.314 e. The van der Waals surface area contributed by atoms with Crippen molar-refractivity contribution < 1.29 is 0 Å². The van der Waals surface area contributed by atoms with Crippen LogP contribution in [0, 0.1) is 0 Å². The molecule has 0 bridgehead atoms. The van der Waals surface area contributed by atoms with Gasteiger partial charge >= 0.3 is 0 Å². The highest BCUT2D eigenvalue weighted by atomic mass is 14.9. The van der Waals surface area contributed by atoms with Crippen LogP contribution in [0.1, 0.15) is 33.4 Å². The van der Waals surface area contributed by atoms with E-state index >= 15 is 0 Å². The molecule has 0 fully saturated rings. The van der Waals surface area contributed by atoms with Gasteiger partial charge in [0.2, 0.25) is 0 Å². The third-order valence-corrected chi connectivity index (χ3v) is 1.66. The zero-order chi connectivity index (χ0) is 10.8. The number of aromatic nitrogens is 1. The first kappa shape index (κ1) is 13.1. The summed E-state index contributed by atoms with van der Waals surface area (Å²) in [6.45, 7) is 9.31. The molecule has 1 aromatic heterocycles. The second kappa shape index (κ2) is 8.70. The van der Waals surface area contributed by atoms with Gasteiger partial charge in [-0.1, -0.05) is 33.8 Å². The maximum absolute atomic E-state index is 4.24. The summed E-state index contributed by atoms with van der Waals surface area (Å²) < 4.78 is 0. The molecule has 80 valence electrons. The fourth-order valence-corrected chi connectivity index (χ4v) is 1.03. The van der Waals surface area contributed by atoms with Crippen molar-refractivity contribution in [3.8, 4) is 0 Å². The van der Waals surface area contributed by atoms with Gasteiger partial charge in [0.25, 0.3) is 0 Å². The van der Waals surface area contributed by atoms with Gasteiger partial charge in [0, 0.05) is 30.9 Å². The normalized spacial score (nSPS) is 9.50. The molecular formula is C12H22N2. The molecule has 1 heterocycles. The van der Waals surface area contributed by atoms with E-state index in [1.807, 2.05) is 32.2 Å². The van der Waals surface area contributed by atoms with E-state index in [4.69, 9.17) is 0 Å². The second-order valence-electron chi connectivity index (χ2n) is 3.18. The van der Waals surface area contributed by atoms with Gasteiger partial charge in [-0.2, -0.15) is 0 Å². The molecule has 1 rings (SSSR count). The maximum atomic E-state index is 4.24. The van der Waals surface area contributed by atoms with Crippen LogP contribution in [0.15, 0.2) is 24.4 Å². The molecule has 1 N–H and O–H groups in total. The van der Waals surface area contributed by atoms with Crippen molar-refractivity contribution in [1.29, 1.82) is 0 Å². The van der Waals surface area contributed by atoms with E-state index in [-0.39, 0.29) is 0 Å². The number of hydrogen-bond donors (Lipinski definition) is 1. The van der Waals surface area contributed by atoms with Crippen LogP contribution in [0.5, 0.6) is 0 Å². The number of rotatable bonds is 4. The molecule has 0 radical (unpaired) electrons. The lowest BCUT2D eigenvalue weighted by atomic mass is 10.2. The van der Waals surface area contributed by atoms with Gasteiger partial charge in [-0.25, -0.2) is 0 Å². The molecule has 14 heavy (non-hydrogen) atoms. The van der Waals surface area contributed by atoms with Crippen LogP contribution in [0.2, 0.25) is 0 Å². The van der Waals surface area contributed by atoms with Crippen LogP contribution in [0.3, 0.4) is 0 Å². The molecule has 0 unspecified atom stereocenters. The molecule has 0 spiro atoms. The lowest BCUT2D eigenvalue weighted by Gasteiger charge is -2.06. The van der Waals surface area contributed by atoms with Crippen molar-refractivity contribution in [3.05, 3.63) is 30.1 Å². The summed E-state index contributed by atoms with van der Waals surface area (Å²) in [5.74, 6) is 0. The fourth-order valence-electron chi connectivity index (χ4n) is 1.03. The number of nitrogens with one attached hydrogen (secondary N) is 1. The van der Waals surface area contributed by atoms with Crippen LogP contribution in [-0.4, -0.2) is 17.6 Å². The quantitative estimate of drug-likeness (QED) is 0.797. The van der Waals surface area contributed by atoms with Crippen molar-refractivity contribution in [1.82, 2.24) is 10.3 Å². The van der Waals surface area contributed by atoms with Gasteiger partial charge in [0.1, 0.15) is 0 Å². The highest BCUT2D eigenvalue weighted by Crippen LogP contribution is 1.93. The molecule has 0 aliphatic heterocycles. The first-order chi connectivity index (χ1) is 6.79. The second-order valence-corrected chi connectivity index (χ2v) is 3.18. The molecule has 0 saturated heterocycles. The summed E-state index contributed by atoms with van der Waals surface area (Å²) in [6, 6.07) is 6.59. The Kier molecular flexibility index (Phi) is 8.14. The predicted molar refractivity (Wildman–Crippen MR) is 62.4 cm³/mol. The van der Waals surface area contributed by atoms with Crippen LogP contribution < -0.4 is 5.32 Å². The van der Waals surface area contributed by atoms with Gasteiger partial charge in [-0.3, -0.25) is 4.98 Å². The van der Waals surface area contributed by atoms with E-state index in [0.29, 0.717) is 6.04 Å². The number of nitrogens with zero attached hydrogens (tertiary/aromatic N) is 1. The van der Waals surface area contributed by atoms with Gasteiger partial charge in [0.15, 0.2) is 0 Å². The number of hydrogen-bond acceptors (Lipinski definition) is 2. The first-order valence-electron chi connectivity index (χ1n) is 5.42. The van der Waals surface area contributed by atoms with Gasteiger partial charge < -0.3 is 5.32 Å². The molecular weight excluding hydrogens is 172 g/mol. The highest BCUT2D eigenvalue weighted by molar-refractivity contribution is 5.03. The van der Waals surface area contributed by atoms with Crippen molar-refractivity contribution >= 4 is 0 Å². The van der Waals surface area contributed by atoms with Gasteiger partial charge in [-0.05, 0) is 12.1 Å². The maximum Gasteiger partial charge on any atom is 0.0416 e. The molecule has 0 amide bonds. The summed E-state index contributed by atoms with van der Waals surface area (Å²) >= 11 is 0. The van der Waals surface area contributed by atoms with Gasteiger partial charge in [-0.15, -0.1) is 0 Å². The Bertz CT molecular complexity index is 207. The van der Waals surface area contributed by atoms with Crippen molar-refractivity contribution in [3.63, 3.8) is 0 Å². The Morgan fingerprint density at radius 1 is 1.29 bits per heavy atom. The summed E-state index contributed by atoms with van der Waals surface area (Å²) in [5.41, 5.74) is 1.16.